The lowest BCUT2D eigenvalue weighted by Gasteiger charge is -2.54. The summed E-state index contributed by atoms with van der Waals surface area (Å²) in [7, 11) is 0. The molecule has 0 aromatic heterocycles. The number of ether oxygens (including phenoxy) is 2. The van der Waals surface area contributed by atoms with Crippen molar-refractivity contribution in [2.75, 3.05) is 13.2 Å². The van der Waals surface area contributed by atoms with E-state index in [9.17, 15) is 4.79 Å². The summed E-state index contributed by atoms with van der Waals surface area (Å²) in [5.74, 6) is 5.05. The molecule has 1 aliphatic heterocycles. The number of hydrogen-bond donors (Lipinski definition) is 1. The van der Waals surface area contributed by atoms with E-state index in [1.807, 2.05) is 18.2 Å². The first-order valence-electron chi connectivity index (χ1n) is 9.42. The predicted molar refractivity (Wildman–Crippen MR) is 90.1 cm³/mol. The van der Waals surface area contributed by atoms with E-state index in [0.29, 0.717) is 25.7 Å². The van der Waals surface area contributed by atoms with Gasteiger partial charge in [0.15, 0.2) is 11.5 Å². The third-order valence-corrected chi connectivity index (χ3v) is 6.53. The molecule has 0 saturated heterocycles. The molecule has 4 nitrogen and oxygen atoms in total. The molecule has 1 aromatic carbocycles. The first-order valence-corrected chi connectivity index (χ1v) is 9.42. The second-order valence-corrected chi connectivity index (χ2v) is 8.18. The average molecular weight is 327 g/mol. The van der Waals surface area contributed by atoms with Gasteiger partial charge in [-0.3, -0.25) is 4.79 Å². The fraction of sp³-hybridized carbons (Fsp3) is 0.650. The van der Waals surface area contributed by atoms with Crippen LogP contribution in [0.5, 0.6) is 11.5 Å². The highest BCUT2D eigenvalue weighted by atomic mass is 16.6. The smallest absolute Gasteiger partial charge is 0.224 e. The van der Waals surface area contributed by atoms with Gasteiger partial charge in [-0.25, -0.2) is 0 Å². The average Bonchev–Trinajstić information content (AvgIpc) is 2.57. The monoisotopic (exact) mass is 327 g/mol. The van der Waals surface area contributed by atoms with Gasteiger partial charge in [0.2, 0.25) is 5.91 Å². The number of carbonyl (C=O) groups excluding carboxylic acids is 1. The number of nitrogens with one attached hydrogen (secondary N) is 1. The lowest BCUT2D eigenvalue weighted by atomic mass is 9.54. The standard InChI is InChI=1S/C20H25NO3/c22-19(11-12-1-2-17-18(10-12)24-4-3-23-17)21-20-15-6-13-5-14(8-15)9-16(20)7-13/h1-2,10,13-16,20H,3-9,11H2,(H,21,22). The molecule has 4 bridgehead atoms. The maximum atomic E-state index is 12.6. The van der Waals surface area contributed by atoms with Crippen molar-refractivity contribution >= 4 is 5.91 Å². The SMILES string of the molecule is O=C(Cc1ccc2c(c1)OCCO2)NC1C2CC3CC(C2)CC1C3. The van der Waals surface area contributed by atoms with E-state index < -0.39 is 0 Å². The molecule has 4 heteroatoms. The van der Waals surface area contributed by atoms with Gasteiger partial charge in [0.05, 0.1) is 6.42 Å². The van der Waals surface area contributed by atoms with Crippen LogP contribution in [0.4, 0.5) is 0 Å². The Labute approximate surface area is 142 Å². The third-order valence-electron chi connectivity index (χ3n) is 6.53. The molecule has 1 aromatic rings. The van der Waals surface area contributed by atoms with E-state index in [0.717, 1.165) is 40.7 Å². The topological polar surface area (TPSA) is 47.6 Å². The Kier molecular flexibility index (Phi) is 3.46. The minimum absolute atomic E-state index is 0.157. The van der Waals surface area contributed by atoms with Crippen LogP contribution in [0.1, 0.15) is 37.7 Å². The Balaban J connectivity index is 1.25. The normalized spacial score (nSPS) is 35.8. The molecule has 0 atom stereocenters. The van der Waals surface area contributed by atoms with E-state index in [2.05, 4.69) is 5.32 Å². The molecule has 4 fully saturated rings. The second-order valence-electron chi connectivity index (χ2n) is 8.18. The Morgan fingerprint density at radius 1 is 0.958 bits per heavy atom. The van der Waals surface area contributed by atoms with Crippen LogP contribution >= 0.6 is 0 Å². The number of rotatable bonds is 3. The summed E-state index contributed by atoms with van der Waals surface area (Å²) in [5.41, 5.74) is 1.00. The molecule has 1 N–H and O–H groups in total. The highest BCUT2D eigenvalue weighted by Gasteiger charge is 2.48. The molecule has 1 heterocycles. The van der Waals surface area contributed by atoms with Crippen molar-refractivity contribution in [3.05, 3.63) is 23.8 Å². The van der Waals surface area contributed by atoms with Gasteiger partial charge in [-0.1, -0.05) is 6.07 Å². The fourth-order valence-corrected chi connectivity index (χ4v) is 5.78. The molecular formula is C20H25NO3. The van der Waals surface area contributed by atoms with Gasteiger partial charge in [-0.2, -0.15) is 0 Å². The molecule has 0 radical (unpaired) electrons. The number of carbonyl (C=O) groups is 1. The molecule has 1 amide bonds. The molecule has 128 valence electrons. The van der Waals surface area contributed by atoms with E-state index in [-0.39, 0.29) is 5.91 Å². The summed E-state index contributed by atoms with van der Waals surface area (Å²) in [6, 6.07) is 6.26. The van der Waals surface area contributed by atoms with Crippen molar-refractivity contribution in [1.82, 2.24) is 5.32 Å². The van der Waals surface area contributed by atoms with E-state index in [1.54, 1.807) is 0 Å². The number of hydrogen-bond acceptors (Lipinski definition) is 3. The predicted octanol–water partition coefficient (Wildman–Crippen LogP) is 2.94. The first kappa shape index (κ1) is 14.6. The maximum absolute atomic E-state index is 12.6. The van der Waals surface area contributed by atoms with Crippen LogP contribution in [0.25, 0.3) is 0 Å². The molecular weight excluding hydrogens is 302 g/mol. The van der Waals surface area contributed by atoms with Crippen LogP contribution in [-0.4, -0.2) is 25.2 Å². The van der Waals surface area contributed by atoms with Crippen LogP contribution in [0.3, 0.4) is 0 Å². The zero-order chi connectivity index (χ0) is 16.1. The highest BCUT2D eigenvalue weighted by molar-refractivity contribution is 5.79. The van der Waals surface area contributed by atoms with Crippen LogP contribution in [0, 0.1) is 23.7 Å². The third kappa shape index (κ3) is 2.56. The van der Waals surface area contributed by atoms with Crippen LogP contribution in [0.15, 0.2) is 18.2 Å². The van der Waals surface area contributed by atoms with E-state index >= 15 is 0 Å². The van der Waals surface area contributed by atoms with Gasteiger partial charge in [0.1, 0.15) is 13.2 Å². The second kappa shape index (κ2) is 5.68. The highest BCUT2D eigenvalue weighted by Crippen LogP contribution is 2.53. The molecule has 4 saturated carbocycles. The largest absolute Gasteiger partial charge is 0.486 e. The van der Waals surface area contributed by atoms with Crippen molar-refractivity contribution in [3.8, 4) is 11.5 Å². The molecule has 24 heavy (non-hydrogen) atoms. The van der Waals surface area contributed by atoms with Crippen molar-refractivity contribution < 1.29 is 14.3 Å². The summed E-state index contributed by atoms with van der Waals surface area (Å²) in [4.78, 5) is 12.6. The Morgan fingerprint density at radius 3 is 2.33 bits per heavy atom. The number of amides is 1. The molecule has 6 rings (SSSR count). The van der Waals surface area contributed by atoms with Crippen molar-refractivity contribution in [2.45, 2.75) is 44.6 Å². The van der Waals surface area contributed by atoms with Gasteiger partial charge < -0.3 is 14.8 Å². The summed E-state index contributed by atoms with van der Waals surface area (Å²) in [6.07, 6.45) is 7.22. The summed E-state index contributed by atoms with van der Waals surface area (Å²) in [6.45, 7) is 1.18. The van der Waals surface area contributed by atoms with Gasteiger partial charge >= 0.3 is 0 Å². The number of fused-ring (bicyclic) bond motifs is 1. The van der Waals surface area contributed by atoms with Crippen LogP contribution in [-0.2, 0) is 11.2 Å². The lowest BCUT2D eigenvalue weighted by Crippen LogP contribution is -2.56. The van der Waals surface area contributed by atoms with Crippen LogP contribution in [0.2, 0.25) is 0 Å². The molecule has 0 unspecified atom stereocenters. The molecule has 0 spiro atoms. The Hall–Kier alpha value is -1.71. The molecule has 5 aliphatic rings. The number of benzene rings is 1. The lowest BCUT2D eigenvalue weighted by molar-refractivity contribution is -0.124. The van der Waals surface area contributed by atoms with Crippen LogP contribution < -0.4 is 14.8 Å². The van der Waals surface area contributed by atoms with Crippen molar-refractivity contribution in [3.63, 3.8) is 0 Å². The first-order chi connectivity index (χ1) is 11.7. The summed E-state index contributed by atoms with van der Waals surface area (Å²) in [5, 5.41) is 3.38. The summed E-state index contributed by atoms with van der Waals surface area (Å²) >= 11 is 0. The molecule has 4 aliphatic carbocycles. The van der Waals surface area contributed by atoms with Gasteiger partial charge in [0.25, 0.3) is 0 Å². The fourth-order valence-electron chi connectivity index (χ4n) is 5.78. The minimum atomic E-state index is 0.157. The Morgan fingerprint density at radius 2 is 1.62 bits per heavy atom. The zero-order valence-electron chi connectivity index (χ0n) is 14.0. The Bertz CT molecular complexity index is 628. The van der Waals surface area contributed by atoms with Crippen molar-refractivity contribution in [2.24, 2.45) is 23.7 Å². The van der Waals surface area contributed by atoms with Gasteiger partial charge in [-0.05, 0) is 73.5 Å². The van der Waals surface area contributed by atoms with Crippen molar-refractivity contribution in [1.29, 1.82) is 0 Å². The zero-order valence-corrected chi connectivity index (χ0v) is 14.0. The van der Waals surface area contributed by atoms with Gasteiger partial charge in [-0.15, -0.1) is 0 Å². The van der Waals surface area contributed by atoms with E-state index in [4.69, 9.17) is 9.47 Å². The van der Waals surface area contributed by atoms with Gasteiger partial charge in [0, 0.05) is 6.04 Å². The minimum Gasteiger partial charge on any atom is -0.486 e. The van der Waals surface area contributed by atoms with E-state index in [1.165, 1.54) is 32.1 Å². The summed E-state index contributed by atoms with van der Waals surface area (Å²) < 4.78 is 11.2. The quantitative estimate of drug-likeness (QED) is 0.928. The maximum Gasteiger partial charge on any atom is 0.224 e.